The molecule has 0 unspecified atom stereocenters. The van der Waals surface area contributed by atoms with Crippen molar-refractivity contribution in [2.45, 2.75) is 72.9 Å². The average Bonchev–Trinajstić information content (AvgIpc) is 3.76. The van der Waals surface area contributed by atoms with Crippen LogP contribution in [0.1, 0.15) is 58.2 Å². The molecule has 4 nitrogen and oxygen atoms in total. The van der Waals surface area contributed by atoms with E-state index in [0.717, 1.165) is 55.2 Å². The monoisotopic (exact) mass is 909 g/mol. The molecule has 0 saturated heterocycles. The predicted molar refractivity (Wildman–Crippen MR) is 226 cm³/mol. The van der Waals surface area contributed by atoms with Crippen LogP contribution in [-0.2, 0) is 31.9 Å². The van der Waals surface area contributed by atoms with Gasteiger partial charge in [-0.15, -0.1) is 53.6 Å². The quantitative estimate of drug-likeness (QED) is 0.123. The maximum Gasteiger partial charge on any atom is 0.120 e. The fraction of sp³-hybridized carbons (Fsp3) is 0.250. The Morgan fingerprint density at radius 3 is 2.31 bits per heavy atom. The molecule has 0 fully saturated rings. The van der Waals surface area contributed by atoms with Gasteiger partial charge in [0.15, 0.2) is 0 Å². The Labute approximate surface area is 342 Å². The van der Waals surface area contributed by atoms with E-state index in [-0.39, 0.29) is 37.0 Å². The van der Waals surface area contributed by atoms with Crippen molar-refractivity contribution in [2.75, 3.05) is 0 Å². The van der Waals surface area contributed by atoms with E-state index < -0.39 is 21.3 Å². The van der Waals surface area contributed by atoms with Gasteiger partial charge in [0.05, 0.1) is 30.5 Å². The fourth-order valence-electron chi connectivity index (χ4n) is 6.64. The van der Waals surface area contributed by atoms with E-state index in [1.165, 1.54) is 11.6 Å². The van der Waals surface area contributed by atoms with Gasteiger partial charge in [0, 0.05) is 44.2 Å². The molecule has 0 saturated carbocycles. The summed E-state index contributed by atoms with van der Waals surface area (Å²) in [6, 6.07) is 42.1. The molecule has 54 heavy (non-hydrogen) atoms. The van der Waals surface area contributed by atoms with E-state index in [2.05, 4.69) is 117 Å². The molecule has 0 amide bonds. The second kappa shape index (κ2) is 15.6. The first-order chi connectivity index (χ1) is 27.2. The Hall–Kier alpha value is -4.61. The number of nitrogens with zero attached hydrogens (tertiary/aromatic N) is 3. The Morgan fingerprint density at radius 2 is 1.63 bits per heavy atom. The topological polar surface area (TPSA) is 43.9 Å². The smallest absolute Gasteiger partial charge is 0.120 e. The van der Waals surface area contributed by atoms with Crippen molar-refractivity contribution in [3.8, 4) is 28.3 Å². The number of furan rings is 1. The molecule has 0 N–H and O–H groups in total. The number of benzene rings is 5. The molecule has 0 aliphatic carbocycles. The summed E-state index contributed by atoms with van der Waals surface area (Å²) in [6.07, 6.45) is 0.328. The molecule has 5 aromatic carbocycles. The molecule has 3 heterocycles. The van der Waals surface area contributed by atoms with Crippen LogP contribution in [0.15, 0.2) is 120 Å². The van der Waals surface area contributed by atoms with E-state index in [4.69, 9.17) is 16.3 Å². The molecule has 8 aromatic rings. The number of pyridine rings is 1. The van der Waals surface area contributed by atoms with E-state index in [9.17, 15) is 0 Å². The van der Waals surface area contributed by atoms with Crippen LogP contribution in [0.4, 0.5) is 0 Å². The predicted octanol–water partition coefficient (Wildman–Crippen LogP) is 12.3. The van der Waals surface area contributed by atoms with Crippen LogP contribution in [-0.4, -0.2) is 22.6 Å². The van der Waals surface area contributed by atoms with Crippen LogP contribution in [0.25, 0.3) is 61.3 Å². The first-order valence-electron chi connectivity index (χ1n) is 20.7. The normalized spacial score (nSPS) is 13.8. The molecule has 0 spiro atoms. The van der Waals surface area contributed by atoms with E-state index >= 15 is 0 Å². The second-order valence-electron chi connectivity index (χ2n) is 15.9. The molecule has 0 aliphatic rings. The molecule has 0 aliphatic heterocycles. The van der Waals surface area contributed by atoms with E-state index in [1.807, 2.05) is 50.2 Å². The molecule has 1 radical (unpaired) electrons. The summed E-state index contributed by atoms with van der Waals surface area (Å²) in [5.74, 6) is 0.661. The zero-order valence-corrected chi connectivity index (χ0v) is 35.5. The number of aryl methyl sites for hydroxylation is 1. The molecule has 3 aromatic heterocycles. The number of hydrogen-bond acceptors (Lipinski definition) is 3. The van der Waals surface area contributed by atoms with Crippen LogP contribution in [0, 0.1) is 24.9 Å². The van der Waals surface area contributed by atoms with Gasteiger partial charge in [-0.05, 0) is 64.5 Å². The van der Waals surface area contributed by atoms with Gasteiger partial charge in [-0.25, -0.2) is 0 Å². The maximum absolute atomic E-state index is 8.59. The summed E-state index contributed by atoms with van der Waals surface area (Å²) in [6.45, 7) is 14.8. The third-order valence-electron chi connectivity index (χ3n) is 9.36. The molecule has 8 rings (SSSR count). The summed E-state index contributed by atoms with van der Waals surface area (Å²) >= 11 is 0. The first-order valence-corrected chi connectivity index (χ1v) is 21.7. The van der Waals surface area contributed by atoms with Crippen LogP contribution < -0.4 is 5.19 Å². The largest absolute Gasteiger partial charge is 0.501 e. The second-order valence-corrected chi connectivity index (χ2v) is 20.9. The zero-order valence-electron chi connectivity index (χ0n) is 37.1. The molecule has 277 valence electrons. The number of aromatic nitrogens is 3. The number of imidazole rings is 1. The van der Waals surface area contributed by atoms with Crippen LogP contribution in [0.2, 0.25) is 19.6 Å². The summed E-state index contributed by atoms with van der Waals surface area (Å²) in [4.78, 5) is 9.56. The van der Waals surface area contributed by atoms with Gasteiger partial charge < -0.3 is 14.0 Å². The maximum atomic E-state index is 8.59. The average molecular weight is 909 g/mol. The summed E-state index contributed by atoms with van der Waals surface area (Å²) in [5, 5.41) is 3.20. The number of rotatable bonds is 6. The van der Waals surface area contributed by atoms with Crippen molar-refractivity contribution < 1.29 is 31.4 Å². The minimum absolute atomic E-state index is 0. The van der Waals surface area contributed by atoms with E-state index in [0.29, 0.717) is 16.8 Å². The van der Waals surface area contributed by atoms with Crippen LogP contribution in [0.3, 0.4) is 0 Å². The van der Waals surface area contributed by atoms with Gasteiger partial charge >= 0.3 is 0 Å². The van der Waals surface area contributed by atoms with Gasteiger partial charge in [-0.3, -0.25) is 4.98 Å². The summed E-state index contributed by atoms with van der Waals surface area (Å²) < 4.78 is 48.1. The van der Waals surface area contributed by atoms with Gasteiger partial charge in [-0.2, -0.15) is 0 Å². The minimum Gasteiger partial charge on any atom is -0.501 e. The molecular weight excluding hydrogens is 855 g/mol. The van der Waals surface area contributed by atoms with Crippen molar-refractivity contribution in [2.24, 2.45) is 5.92 Å². The molecule has 0 atom stereocenters. The van der Waals surface area contributed by atoms with E-state index in [1.54, 1.807) is 18.3 Å². The fourth-order valence-corrected chi connectivity index (χ4v) is 8.04. The van der Waals surface area contributed by atoms with Crippen molar-refractivity contribution in [1.82, 2.24) is 14.5 Å². The van der Waals surface area contributed by atoms with Crippen LogP contribution >= 0.6 is 0 Å². The third kappa shape index (κ3) is 8.07. The first kappa shape index (κ1) is 32.8. The van der Waals surface area contributed by atoms with Crippen molar-refractivity contribution >= 4 is 46.2 Å². The van der Waals surface area contributed by atoms with Gasteiger partial charge in [0.1, 0.15) is 5.58 Å². The van der Waals surface area contributed by atoms with Crippen molar-refractivity contribution in [3.05, 3.63) is 144 Å². The molecular formula is C48H49IrN3OSi-2. The SMILES string of the molecule is CC(C)(C)c1ccc(-n2c(-c3[c-]ccc4c3oc3ccccc34)nc3ccccc32)cc1.[2H]C([2H])([2H])c1c[c-]c(-c2cc(C([2H])([2H])C(C)C)c([Si](C)(C)C)cn2)cc1.[Ir]. The summed E-state index contributed by atoms with van der Waals surface area (Å²) in [5.41, 5.74) is 9.25. The summed E-state index contributed by atoms with van der Waals surface area (Å²) in [7, 11) is -1.78. The minimum atomic E-state index is -2.16. The molecule has 6 heteroatoms. The third-order valence-corrected chi connectivity index (χ3v) is 11.4. The Bertz CT molecular complexity index is 2740. The number of para-hydroxylation sites is 3. The molecule has 0 bridgehead atoms. The van der Waals surface area contributed by atoms with Gasteiger partial charge in [0.2, 0.25) is 0 Å². The Balaban J connectivity index is 0.000000200. The Morgan fingerprint density at radius 1 is 0.889 bits per heavy atom. The number of fused-ring (bicyclic) bond motifs is 4. The standard InChI is InChI=1S/C29H23N2O.C19H26NSi.Ir/c1-29(2,3)19-15-17-20(18-16-19)31-25-13-6-5-12-24(25)30-28(31)23-11-8-10-22-21-9-4-7-14-26(21)32-27(22)23;1-14(2)11-17-12-18(16-9-7-15(3)8-10-16)20-13-19(17)21(4,5)6;/h4-10,12-18H,1-3H3;7-9,12-14H,11H2,1-6H3;/q2*-1;/i;3D3,11D2;. The Kier molecular flexibility index (Phi) is 9.49. The van der Waals surface area contributed by atoms with Crippen LogP contribution in [0.5, 0.6) is 0 Å². The van der Waals surface area contributed by atoms with Crippen molar-refractivity contribution in [1.29, 1.82) is 0 Å². The number of hydrogen-bond donors (Lipinski definition) is 0. The van der Waals surface area contributed by atoms with Crippen molar-refractivity contribution in [3.63, 3.8) is 0 Å². The zero-order chi connectivity index (χ0) is 41.8. The van der Waals surface area contributed by atoms with Gasteiger partial charge in [-0.1, -0.05) is 126 Å². The van der Waals surface area contributed by atoms with Gasteiger partial charge in [0.25, 0.3) is 0 Å².